The smallest absolute Gasteiger partial charge is 0.147 e. The first-order valence-corrected chi connectivity index (χ1v) is 5.57. The lowest BCUT2D eigenvalue weighted by atomic mass is 9.85. The first kappa shape index (κ1) is 10.6. The van der Waals surface area contributed by atoms with Crippen molar-refractivity contribution >= 4 is 17.3 Å². The summed E-state index contributed by atoms with van der Waals surface area (Å²) in [4.78, 5) is 0. The van der Waals surface area contributed by atoms with E-state index in [1.807, 2.05) is 12.1 Å². The molecule has 0 bridgehead atoms. The molecule has 0 unspecified atom stereocenters. The molecule has 0 aromatic heterocycles. The molecular formula is C12H16ClNO. The van der Waals surface area contributed by atoms with Gasteiger partial charge in [-0.25, -0.2) is 0 Å². The Morgan fingerprint density at radius 1 is 1.33 bits per heavy atom. The molecular weight excluding hydrogens is 210 g/mol. The van der Waals surface area contributed by atoms with E-state index in [1.54, 1.807) is 0 Å². The minimum Gasteiger partial charge on any atom is -0.489 e. The van der Waals surface area contributed by atoms with Crippen LogP contribution in [0.5, 0.6) is 5.75 Å². The highest BCUT2D eigenvalue weighted by molar-refractivity contribution is 6.31. The summed E-state index contributed by atoms with van der Waals surface area (Å²) < 4.78 is 5.71. The zero-order valence-corrected chi connectivity index (χ0v) is 10.1. The van der Waals surface area contributed by atoms with E-state index in [-0.39, 0.29) is 5.41 Å². The molecule has 1 aliphatic heterocycles. The second kappa shape index (κ2) is 3.60. The average Bonchev–Trinajstić information content (AvgIpc) is 2.15. The molecule has 15 heavy (non-hydrogen) atoms. The quantitative estimate of drug-likeness (QED) is 0.731. The molecule has 3 heteroatoms. The molecule has 0 fully saturated rings. The van der Waals surface area contributed by atoms with Gasteiger partial charge >= 0.3 is 0 Å². The average molecular weight is 226 g/mol. The fraction of sp³-hybridized carbons (Fsp3) is 0.500. The van der Waals surface area contributed by atoms with Crippen molar-refractivity contribution in [2.45, 2.75) is 26.2 Å². The molecule has 0 aliphatic carbocycles. The summed E-state index contributed by atoms with van der Waals surface area (Å²) in [7, 11) is 0. The Bertz CT molecular complexity index is 382. The van der Waals surface area contributed by atoms with Gasteiger partial charge in [-0.05, 0) is 17.5 Å². The number of fused-ring (bicyclic) bond motifs is 1. The lowest BCUT2D eigenvalue weighted by Gasteiger charge is -2.28. The maximum atomic E-state index is 6.24. The molecule has 2 rings (SSSR count). The Labute approximate surface area is 95.6 Å². The van der Waals surface area contributed by atoms with Crippen LogP contribution in [-0.2, 0) is 5.41 Å². The van der Waals surface area contributed by atoms with Crippen LogP contribution in [0.25, 0.3) is 0 Å². The van der Waals surface area contributed by atoms with Gasteiger partial charge in [0.2, 0.25) is 0 Å². The lowest BCUT2D eigenvalue weighted by Crippen LogP contribution is -2.22. The van der Waals surface area contributed by atoms with E-state index in [9.17, 15) is 0 Å². The van der Waals surface area contributed by atoms with Gasteiger partial charge in [-0.15, -0.1) is 0 Å². The van der Waals surface area contributed by atoms with Gasteiger partial charge in [-0.1, -0.05) is 32.4 Å². The van der Waals surface area contributed by atoms with E-state index in [0.29, 0.717) is 6.61 Å². The van der Waals surface area contributed by atoms with Crippen molar-refractivity contribution in [3.8, 4) is 5.75 Å². The third kappa shape index (κ3) is 1.91. The summed E-state index contributed by atoms with van der Waals surface area (Å²) in [5.41, 5.74) is 2.14. The van der Waals surface area contributed by atoms with Gasteiger partial charge in [0, 0.05) is 17.1 Å². The molecule has 1 N–H and O–H groups in total. The van der Waals surface area contributed by atoms with E-state index >= 15 is 0 Å². The summed E-state index contributed by atoms with van der Waals surface area (Å²) in [6.45, 7) is 8.00. The number of hydrogen-bond acceptors (Lipinski definition) is 2. The van der Waals surface area contributed by atoms with Crippen molar-refractivity contribution in [2.24, 2.45) is 0 Å². The summed E-state index contributed by atoms with van der Waals surface area (Å²) in [5.74, 6) is 0.918. The van der Waals surface area contributed by atoms with Crippen LogP contribution < -0.4 is 10.1 Å². The molecule has 1 aromatic rings. The van der Waals surface area contributed by atoms with Crippen LogP contribution in [0.1, 0.15) is 26.3 Å². The van der Waals surface area contributed by atoms with Gasteiger partial charge in [-0.2, -0.15) is 0 Å². The number of ether oxygens (including phenoxy) is 1. The summed E-state index contributed by atoms with van der Waals surface area (Å²) in [6.07, 6.45) is 0. The van der Waals surface area contributed by atoms with Crippen molar-refractivity contribution in [3.63, 3.8) is 0 Å². The monoisotopic (exact) mass is 225 g/mol. The predicted octanol–water partition coefficient (Wildman–Crippen LogP) is 3.44. The first-order valence-electron chi connectivity index (χ1n) is 5.20. The number of halogens is 1. The number of rotatable bonds is 0. The molecule has 0 radical (unpaired) electrons. The van der Waals surface area contributed by atoms with Gasteiger partial charge in [0.15, 0.2) is 0 Å². The third-order valence-electron chi connectivity index (χ3n) is 2.52. The van der Waals surface area contributed by atoms with E-state index in [4.69, 9.17) is 16.3 Å². The largest absolute Gasteiger partial charge is 0.489 e. The highest BCUT2D eigenvalue weighted by Crippen LogP contribution is 2.42. The Morgan fingerprint density at radius 2 is 2.07 bits per heavy atom. The minimum atomic E-state index is 0.00144. The Balaban J connectivity index is 2.60. The highest BCUT2D eigenvalue weighted by atomic mass is 35.5. The topological polar surface area (TPSA) is 21.3 Å². The fourth-order valence-corrected chi connectivity index (χ4v) is 2.32. The molecule has 0 saturated heterocycles. The summed E-state index contributed by atoms with van der Waals surface area (Å²) >= 11 is 6.24. The van der Waals surface area contributed by atoms with E-state index in [0.717, 1.165) is 28.6 Å². The first-order chi connectivity index (χ1) is 7.00. The Hall–Kier alpha value is -0.890. The molecule has 82 valence electrons. The molecule has 1 aromatic carbocycles. The van der Waals surface area contributed by atoms with Gasteiger partial charge in [0.1, 0.15) is 12.4 Å². The standard InChI is InChI=1S/C12H16ClNO/c1-12(2,3)10-8(13)4-5-9-11(10)15-7-6-14-9/h4-5,14H,6-7H2,1-3H3. The van der Waals surface area contributed by atoms with E-state index in [2.05, 4.69) is 26.1 Å². The normalized spacial score (nSPS) is 15.2. The maximum absolute atomic E-state index is 6.24. The van der Waals surface area contributed by atoms with Crippen LogP contribution in [0.15, 0.2) is 12.1 Å². The molecule has 1 heterocycles. The van der Waals surface area contributed by atoms with Gasteiger partial charge in [-0.3, -0.25) is 0 Å². The summed E-state index contributed by atoms with van der Waals surface area (Å²) in [6, 6.07) is 3.91. The molecule has 0 atom stereocenters. The number of hydrogen-bond donors (Lipinski definition) is 1. The number of benzene rings is 1. The molecule has 2 nitrogen and oxygen atoms in total. The molecule has 0 amide bonds. The summed E-state index contributed by atoms with van der Waals surface area (Å²) in [5, 5.41) is 4.10. The van der Waals surface area contributed by atoms with Crippen molar-refractivity contribution in [1.82, 2.24) is 0 Å². The van der Waals surface area contributed by atoms with Crippen molar-refractivity contribution in [2.75, 3.05) is 18.5 Å². The number of anilines is 1. The van der Waals surface area contributed by atoms with Crippen LogP contribution in [0.4, 0.5) is 5.69 Å². The predicted molar refractivity (Wildman–Crippen MR) is 64.1 cm³/mol. The van der Waals surface area contributed by atoms with Gasteiger partial charge in [0.25, 0.3) is 0 Å². The Kier molecular flexibility index (Phi) is 2.55. The van der Waals surface area contributed by atoms with Crippen LogP contribution in [0.2, 0.25) is 5.02 Å². The van der Waals surface area contributed by atoms with Gasteiger partial charge in [0.05, 0.1) is 5.69 Å². The highest BCUT2D eigenvalue weighted by Gasteiger charge is 2.26. The number of nitrogens with one attached hydrogen (secondary N) is 1. The lowest BCUT2D eigenvalue weighted by molar-refractivity contribution is 0.314. The van der Waals surface area contributed by atoms with E-state index in [1.165, 1.54) is 0 Å². The van der Waals surface area contributed by atoms with Crippen LogP contribution in [0, 0.1) is 0 Å². The molecule has 1 aliphatic rings. The van der Waals surface area contributed by atoms with Crippen molar-refractivity contribution in [1.29, 1.82) is 0 Å². The van der Waals surface area contributed by atoms with Gasteiger partial charge < -0.3 is 10.1 Å². The Morgan fingerprint density at radius 3 is 2.73 bits per heavy atom. The van der Waals surface area contributed by atoms with Crippen LogP contribution in [-0.4, -0.2) is 13.2 Å². The fourth-order valence-electron chi connectivity index (χ4n) is 1.89. The minimum absolute atomic E-state index is 0.00144. The SMILES string of the molecule is CC(C)(C)c1c(Cl)ccc2c1OCCN2. The molecule has 0 spiro atoms. The van der Waals surface area contributed by atoms with Crippen LogP contribution in [0.3, 0.4) is 0 Å². The van der Waals surface area contributed by atoms with Crippen LogP contribution >= 0.6 is 11.6 Å². The second-order valence-electron chi connectivity index (χ2n) is 4.82. The molecule has 0 saturated carbocycles. The van der Waals surface area contributed by atoms with E-state index < -0.39 is 0 Å². The zero-order valence-electron chi connectivity index (χ0n) is 9.36. The van der Waals surface area contributed by atoms with Crippen molar-refractivity contribution in [3.05, 3.63) is 22.7 Å². The third-order valence-corrected chi connectivity index (χ3v) is 2.84. The zero-order chi connectivity index (χ0) is 11.1. The maximum Gasteiger partial charge on any atom is 0.147 e. The van der Waals surface area contributed by atoms with Crippen molar-refractivity contribution < 1.29 is 4.74 Å². The second-order valence-corrected chi connectivity index (χ2v) is 5.23.